The zero-order valence-electron chi connectivity index (χ0n) is 22.9. The van der Waals surface area contributed by atoms with Crippen LogP contribution in [0.4, 0.5) is 5.69 Å². The summed E-state index contributed by atoms with van der Waals surface area (Å²) in [5, 5.41) is 0.927. The van der Waals surface area contributed by atoms with Crippen molar-refractivity contribution in [2.24, 2.45) is 5.92 Å². The third-order valence-corrected chi connectivity index (χ3v) is 10.2. The van der Waals surface area contributed by atoms with Gasteiger partial charge >= 0.3 is 0 Å². The molecule has 6 rings (SSSR count). The molecule has 3 aliphatic heterocycles. The van der Waals surface area contributed by atoms with E-state index >= 15 is 0 Å². The van der Waals surface area contributed by atoms with Crippen LogP contribution in [-0.4, -0.2) is 80.4 Å². The molecular formula is C30H34N4O5S. The number of fused-ring (bicyclic) bond motifs is 2. The minimum atomic E-state index is -3.72. The highest BCUT2D eigenvalue weighted by Crippen LogP contribution is 2.39. The molecule has 3 aliphatic rings. The van der Waals surface area contributed by atoms with E-state index in [4.69, 9.17) is 4.74 Å². The van der Waals surface area contributed by atoms with Crippen LogP contribution in [-0.2, 0) is 30.9 Å². The van der Waals surface area contributed by atoms with Gasteiger partial charge in [0.2, 0.25) is 15.9 Å². The Morgan fingerprint density at radius 1 is 1.05 bits per heavy atom. The number of hydrogen-bond acceptors (Lipinski definition) is 5. The predicted octanol–water partition coefficient (Wildman–Crippen LogP) is 3.44. The lowest BCUT2D eigenvalue weighted by Gasteiger charge is -2.30. The van der Waals surface area contributed by atoms with Crippen LogP contribution in [0, 0.1) is 5.92 Å². The average Bonchev–Trinajstić information content (AvgIpc) is 3.43. The van der Waals surface area contributed by atoms with E-state index in [-0.39, 0.29) is 23.3 Å². The summed E-state index contributed by atoms with van der Waals surface area (Å²) < 4.78 is 35.4. The molecule has 1 aromatic heterocycles. The van der Waals surface area contributed by atoms with Gasteiger partial charge in [-0.05, 0) is 49.1 Å². The Bertz CT molecular complexity index is 1610. The molecule has 0 N–H and O–H groups in total. The van der Waals surface area contributed by atoms with Crippen molar-refractivity contribution in [1.29, 1.82) is 0 Å². The van der Waals surface area contributed by atoms with E-state index in [0.717, 1.165) is 42.4 Å². The Morgan fingerprint density at radius 2 is 1.77 bits per heavy atom. The van der Waals surface area contributed by atoms with E-state index in [1.807, 2.05) is 46.0 Å². The molecule has 0 radical (unpaired) electrons. The first-order valence-electron chi connectivity index (χ1n) is 13.8. The summed E-state index contributed by atoms with van der Waals surface area (Å²) in [6.45, 7) is 5.34. The first kappa shape index (κ1) is 26.7. The number of piperidine rings is 1. The molecule has 40 heavy (non-hydrogen) atoms. The topological polar surface area (TPSA) is 92.2 Å². The molecule has 0 unspecified atom stereocenters. The first-order valence-corrected chi connectivity index (χ1v) is 15.3. The molecule has 0 aliphatic carbocycles. The minimum absolute atomic E-state index is 0.0897. The number of benzene rings is 2. The Morgan fingerprint density at radius 3 is 2.52 bits per heavy atom. The number of likely N-dealkylation sites (N-methyl/N-ethyl adjacent to an activating group) is 1. The minimum Gasteiger partial charge on any atom is -0.379 e. The summed E-state index contributed by atoms with van der Waals surface area (Å²) in [6.07, 6.45) is 5.78. The molecule has 4 heterocycles. The summed E-state index contributed by atoms with van der Waals surface area (Å²) in [6, 6.07) is 12.7. The number of likely N-dealkylation sites (tertiary alicyclic amines) is 1. The lowest BCUT2D eigenvalue weighted by Crippen LogP contribution is -2.40. The summed E-state index contributed by atoms with van der Waals surface area (Å²) in [5.41, 5.74) is 3.39. The van der Waals surface area contributed by atoms with Crippen LogP contribution in [0.5, 0.6) is 0 Å². The first-order chi connectivity index (χ1) is 19.2. The van der Waals surface area contributed by atoms with Gasteiger partial charge in [0.1, 0.15) is 6.54 Å². The number of carbonyl (C=O) groups excluding carboxylic acids is 2. The number of para-hydroxylation sites is 1. The van der Waals surface area contributed by atoms with Crippen molar-refractivity contribution in [3.05, 3.63) is 59.8 Å². The molecule has 9 nitrogen and oxygen atoms in total. The molecule has 2 aromatic carbocycles. The molecule has 3 aromatic rings. The van der Waals surface area contributed by atoms with E-state index in [1.165, 1.54) is 4.31 Å². The van der Waals surface area contributed by atoms with Crippen molar-refractivity contribution in [1.82, 2.24) is 13.8 Å². The number of morpholine rings is 1. The number of ether oxygens (including phenoxy) is 1. The molecule has 10 heteroatoms. The van der Waals surface area contributed by atoms with Gasteiger partial charge in [-0.25, -0.2) is 8.42 Å². The lowest BCUT2D eigenvalue weighted by molar-refractivity contribution is -0.133. The van der Waals surface area contributed by atoms with Crippen LogP contribution in [0.2, 0.25) is 0 Å². The monoisotopic (exact) mass is 562 g/mol. The molecule has 2 saturated heterocycles. The average molecular weight is 563 g/mol. The summed E-state index contributed by atoms with van der Waals surface area (Å²) in [5.74, 6) is 0.530. The van der Waals surface area contributed by atoms with Gasteiger partial charge in [0.25, 0.3) is 5.91 Å². The number of rotatable bonds is 5. The maximum Gasteiger partial charge on any atom is 0.258 e. The van der Waals surface area contributed by atoms with Gasteiger partial charge in [0, 0.05) is 67.0 Å². The smallest absolute Gasteiger partial charge is 0.258 e. The van der Waals surface area contributed by atoms with E-state index in [9.17, 15) is 18.0 Å². The fourth-order valence-corrected chi connectivity index (χ4v) is 7.28. The second-order valence-corrected chi connectivity index (χ2v) is 12.8. The van der Waals surface area contributed by atoms with Gasteiger partial charge in [0.05, 0.1) is 23.8 Å². The zero-order chi connectivity index (χ0) is 28.0. The number of nitrogens with zero attached hydrogens (tertiary/aromatic N) is 4. The highest BCUT2D eigenvalue weighted by Gasteiger charge is 2.33. The lowest BCUT2D eigenvalue weighted by atomic mass is 9.99. The van der Waals surface area contributed by atoms with Crippen LogP contribution < -0.4 is 4.90 Å². The molecule has 2 fully saturated rings. The van der Waals surface area contributed by atoms with Gasteiger partial charge in [-0.15, -0.1) is 0 Å². The summed E-state index contributed by atoms with van der Waals surface area (Å²) in [7, 11) is -2.03. The van der Waals surface area contributed by atoms with Gasteiger partial charge < -0.3 is 19.1 Å². The maximum absolute atomic E-state index is 13.4. The Labute approximate surface area is 234 Å². The van der Waals surface area contributed by atoms with Crippen molar-refractivity contribution < 1.29 is 22.7 Å². The number of hydrogen-bond donors (Lipinski definition) is 0. The van der Waals surface area contributed by atoms with Crippen molar-refractivity contribution in [3.8, 4) is 0 Å². The molecule has 210 valence electrons. The highest BCUT2D eigenvalue weighted by atomic mass is 32.2. The number of anilines is 1. The van der Waals surface area contributed by atoms with Crippen molar-refractivity contribution in [2.75, 3.05) is 51.3 Å². The highest BCUT2D eigenvalue weighted by molar-refractivity contribution is 7.89. The normalized spacial score (nSPS) is 20.1. The molecule has 0 bridgehead atoms. The second-order valence-electron chi connectivity index (χ2n) is 10.9. The van der Waals surface area contributed by atoms with Crippen LogP contribution in [0.3, 0.4) is 0 Å². The molecule has 0 atom stereocenters. The van der Waals surface area contributed by atoms with Crippen molar-refractivity contribution in [2.45, 2.75) is 31.2 Å². The van der Waals surface area contributed by atoms with Crippen LogP contribution in [0.25, 0.3) is 22.6 Å². The largest absolute Gasteiger partial charge is 0.379 e. The Kier molecular flexibility index (Phi) is 7.02. The van der Waals surface area contributed by atoms with E-state index < -0.39 is 10.0 Å². The second kappa shape index (κ2) is 10.5. The molecule has 0 spiro atoms. The van der Waals surface area contributed by atoms with Gasteiger partial charge in [-0.3, -0.25) is 9.59 Å². The van der Waals surface area contributed by atoms with E-state index in [1.54, 1.807) is 30.1 Å². The number of aromatic nitrogens is 1. The van der Waals surface area contributed by atoms with Crippen molar-refractivity contribution >= 4 is 50.1 Å². The van der Waals surface area contributed by atoms with Gasteiger partial charge in [0.15, 0.2) is 0 Å². The van der Waals surface area contributed by atoms with Gasteiger partial charge in [-0.2, -0.15) is 4.31 Å². The van der Waals surface area contributed by atoms with Crippen LogP contribution >= 0.6 is 0 Å². The fourth-order valence-electron chi connectivity index (χ4n) is 5.84. The molecule has 2 amide bonds. The number of carbonyl (C=O) groups is 2. The third kappa shape index (κ3) is 4.74. The molecule has 0 saturated carbocycles. The quantitative estimate of drug-likeness (QED) is 0.445. The van der Waals surface area contributed by atoms with Crippen molar-refractivity contribution in [3.63, 3.8) is 0 Å². The Hall–Kier alpha value is -3.47. The van der Waals surface area contributed by atoms with Gasteiger partial charge in [-0.1, -0.05) is 25.1 Å². The SMILES string of the molecule is CC1CCN(C(=O)Cn2cc(/C=C3\C(=O)N(C)c4ccc(S(=O)(=O)N5CCOCC5)cc43)c3ccccc32)CC1. The zero-order valence-corrected chi connectivity index (χ0v) is 23.7. The number of amides is 2. The maximum atomic E-state index is 13.4. The van der Waals surface area contributed by atoms with E-state index in [2.05, 4.69) is 6.92 Å². The third-order valence-electron chi connectivity index (χ3n) is 8.32. The van der Waals surface area contributed by atoms with Crippen LogP contribution in [0.15, 0.2) is 53.6 Å². The molecular weight excluding hydrogens is 528 g/mol. The summed E-state index contributed by atoms with van der Waals surface area (Å²) in [4.78, 5) is 30.2. The Balaban J connectivity index is 1.37. The summed E-state index contributed by atoms with van der Waals surface area (Å²) >= 11 is 0. The van der Waals surface area contributed by atoms with Crippen LogP contribution in [0.1, 0.15) is 30.9 Å². The fraction of sp³-hybridized carbons (Fsp3) is 0.400. The van der Waals surface area contributed by atoms with E-state index in [0.29, 0.717) is 49.0 Å². The standard InChI is InChI=1S/C30H34N4O5S/c1-21-9-11-32(12-10-21)29(35)20-33-19-22(24-5-3-4-6-28(24)33)17-26-25-18-23(7-8-27(25)31(2)30(26)36)40(37,38)34-13-15-39-16-14-34/h3-8,17-19,21H,9-16,20H2,1-2H3/b26-17-. The predicted molar refractivity (Wildman–Crippen MR) is 154 cm³/mol. The number of sulfonamides is 1.